The summed E-state index contributed by atoms with van der Waals surface area (Å²) < 4.78 is 6.90. The van der Waals surface area contributed by atoms with E-state index in [1.165, 1.54) is 17.3 Å². The van der Waals surface area contributed by atoms with Gasteiger partial charge >= 0.3 is 0 Å². The van der Waals surface area contributed by atoms with E-state index in [1.807, 2.05) is 30.3 Å². The summed E-state index contributed by atoms with van der Waals surface area (Å²) in [5.74, 6) is 0.725. The van der Waals surface area contributed by atoms with Gasteiger partial charge in [0.2, 0.25) is 5.91 Å². The molecule has 1 aromatic carbocycles. The third-order valence-corrected chi connectivity index (χ3v) is 2.23. The third-order valence-electron chi connectivity index (χ3n) is 2.23. The standard InChI is InChI=1S/C12H14N4O2/c17-12(15-16-9-13-14-10-16)7-4-8-18-11-5-2-1-3-6-11/h1-3,5-6,9-10H,4,7-8H2,(H,15,17). The van der Waals surface area contributed by atoms with E-state index in [0.29, 0.717) is 19.4 Å². The number of rotatable bonds is 6. The summed E-state index contributed by atoms with van der Waals surface area (Å²) in [6.45, 7) is 0.514. The Balaban J connectivity index is 1.62. The maximum atomic E-state index is 11.5. The minimum Gasteiger partial charge on any atom is -0.494 e. The zero-order chi connectivity index (χ0) is 12.6. The SMILES string of the molecule is O=C(CCCOc1ccccc1)Nn1cnnc1. The van der Waals surface area contributed by atoms with Gasteiger partial charge < -0.3 is 4.74 Å². The summed E-state index contributed by atoms with van der Waals surface area (Å²) in [7, 11) is 0. The van der Waals surface area contributed by atoms with Crippen molar-refractivity contribution in [3.63, 3.8) is 0 Å². The molecule has 0 fully saturated rings. The molecule has 2 rings (SSSR count). The van der Waals surface area contributed by atoms with Crippen molar-refractivity contribution in [2.75, 3.05) is 12.0 Å². The predicted octanol–water partition coefficient (Wildman–Crippen LogP) is 1.21. The van der Waals surface area contributed by atoms with Crippen molar-refractivity contribution in [1.29, 1.82) is 0 Å². The van der Waals surface area contributed by atoms with Gasteiger partial charge in [-0.1, -0.05) is 18.2 Å². The van der Waals surface area contributed by atoms with E-state index < -0.39 is 0 Å². The van der Waals surface area contributed by atoms with Crippen LogP contribution in [0.15, 0.2) is 43.0 Å². The van der Waals surface area contributed by atoms with Gasteiger partial charge in [-0.15, -0.1) is 10.2 Å². The van der Waals surface area contributed by atoms with E-state index in [0.717, 1.165) is 5.75 Å². The number of carbonyl (C=O) groups excluding carboxylic acids is 1. The number of amides is 1. The van der Waals surface area contributed by atoms with Crippen LogP contribution in [-0.4, -0.2) is 27.4 Å². The van der Waals surface area contributed by atoms with Gasteiger partial charge in [-0.25, -0.2) is 4.68 Å². The van der Waals surface area contributed by atoms with Crippen LogP contribution < -0.4 is 10.2 Å². The summed E-state index contributed by atoms with van der Waals surface area (Å²) in [5.41, 5.74) is 2.62. The van der Waals surface area contributed by atoms with Crippen LogP contribution in [0.25, 0.3) is 0 Å². The molecule has 0 radical (unpaired) electrons. The average molecular weight is 246 g/mol. The van der Waals surface area contributed by atoms with Crippen LogP contribution in [0, 0.1) is 0 Å². The Kier molecular flexibility index (Phi) is 4.29. The number of hydrogen-bond acceptors (Lipinski definition) is 4. The van der Waals surface area contributed by atoms with Crippen molar-refractivity contribution < 1.29 is 9.53 Å². The average Bonchev–Trinajstić information content (AvgIpc) is 2.89. The second-order valence-electron chi connectivity index (χ2n) is 3.67. The van der Waals surface area contributed by atoms with Crippen molar-refractivity contribution >= 4 is 5.91 Å². The number of carbonyl (C=O) groups is 1. The summed E-state index contributed by atoms with van der Waals surface area (Å²) in [6.07, 6.45) is 3.91. The van der Waals surface area contributed by atoms with Crippen LogP contribution in [-0.2, 0) is 4.79 Å². The van der Waals surface area contributed by atoms with E-state index in [2.05, 4.69) is 15.6 Å². The molecule has 6 heteroatoms. The van der Waals surface area contributed by atoms with Crippen molar-refractivity contribution in [1.82, 2.24) is 14.9 Å². The van der Waals surface area contributed by atoms with Gasteiger partial charge in [-0.3, -0.25) is 10.2 Å². The van der Waals surface area contributed by atoms with Gasteiger partial charge in [0.05, 0.1) is 6.61 Å². The maximum absolute atomic E-state index is 11.5. The number of nitrogens with one attached hydrogen (secondary N) is 1. The van der Waals surface area contributed by atoms with E-state index in [4.69, 9.17) is 4.74 Å². The van der Waals surface area contributed by atoms with Crippen LogP contribution in [0.3, 0.4) is 0 Å². The molecule has 0 bridgehead atoms. The molecule has 0 saturated carbocycles. The van der Waals surface area contributed by atoms with Crippen LogP contribution in [0.2, 0.25) is 0 Å². The first kappa shape index (κ1) is 12.1. The second-order valence-corrected chi connectivity index (χ2v) is 3.67. The molecule has 2 aromatic rings. The van der Waals surface area contributed by atoms with Crippen molar-refractivity contribution in [3.8, 4) is 5.75 Å². The fourth-order valence-electron chi connectivity index (χ4n) is 1.40. The molecule has 1 N–H and O–H groups in total. The largest absolute Gasteiger partial charge is 0.494 e. The van der Waals surface area contributed by atoms with Gasteiger partial charge in [-0.2, -0.15) is 0 Å². The van der Waals surface area contributed by atoms with Gasteiger partial charge in [0.1, 0.15) is 18.4 Å². The number of nitrogens with zero attached hydrogens (tertiary/aromatic N) is 3. The normalized spacial score (nSPS) is 10.0. The lowest BCUT2D eigenvalue weighted by atomic mass is 10.3. The molecule has 18 heavy (non-hydrogen) atoms. The number of benzene rings is 1. The third kappa shape index (κ3) is 3.89. The number of ether oxygens (including phenoxy) is 1. The van der Waals surface area contributed by atoms with E-state index in [1.54, 1.807) is 0 Å². The number of aromatic nitrogens is 3. The lowest BCUT2D eigenvalue weighted by Gasteiger charge is -2.06. The molecule has 6 nitrogen and oxygen atoms in total. The molecular formula is C12H14N4O2. The van der Waals surface area contributed by atoms with E-state index in [9.17, 15) is 4.79 Å². The molecule has 0 spiro atoms. The molecule has 0 unspecified atom stereocenters. The smallest absolute Gasteiger partial charge is 0.239 e. The van der Waals surface area contributed by atoms with Crippen LogP contribution >= 0.6 is 0 Å². The Labute approximate surface area is 105 Å². The zero-order valence-electron chi connectivity index (χ0n) is 9.82. The molecule has 1 aromatic heterocycles. The Morgan fingerprint density at radius 2 is 1.94 bits per heavy atom. The molecule has 0 saturated heterocycles. The Hall–Kier alpha value is -2.37. The first-order chi connectivity index (χ1) is 8.84. The van der Waals surface area contributed by atoms with Gasteiger partial charge in [0, 0.05) is 6.42 Å². The van der Waals surface area contributed by atoms with Gasteiger partial charge in [-0.05, 0) is 18.6 Å². The van der Waals surface area contributed by atoms with Crippen molar-refractivity contribution in [2.24, 2.45) is 0 Å². The molecule has 1 amide bonds. The molecule has 0 aliphatic carbocycles. The highest BCUT2D eigenvalue weighted by Crippen LogP contribution is 2.08. The van der Waals surface area contributed by atoms with Gasteiger partial charge in [0.15, 0.2) is 0 Å². The maximum Gasteiger partial charge on any atom is 0.239 e. The first-order valence-electron chi connectivity index (χ1n) is 5.67. The van der Waals surface area contributed by atoms with E-state index in [-0.39, 0.29) is 5.91 Å². The minimum atomic E-state index is -0.0912. The molecule has 94 valence electrons. The number of para-hydroxylation sites is 1. The van der Waals surface area contributed by atoms with Crippen molar-refractivity contribution in [3.05, 3.63) is 43.0 Å². The molecular weight excluding hydrogens is 232 g/mol. The van der Waals surface area contributed by atoms with Crippen molar-refractivity contribution in [2.45, 2.75) is 12.8 Å². The Morgan fingerprint density at radius 3 is 2.67 bits per heavy atom. The first-order valence-corrected chi connectivity index (χ1v) is 5.67. The molecule has 0 aliphatic rings. The summed E-state index contributed by atoms with van der Waals surface area (Å²) in [4.78, 5) is 11.5. The second kappa shape index (κ2) is 6.39. The Morgan fingerprint density at radius 1 is 1.22 bits per heavy atom. The lowest BCUT2D eigenvalue weighted by Crippen LogP contribution is -2.21. The minimum absolute atomic E-state index is 0.0912. The highest BCUT2D eigenvalue weighted by atomic mass is 16.5. The molecule has 0 aliphatic heterocycles. The lowest BCUT2D eigenvalue weighted by molar-refractivity contribution is -0.117. The zero-order valence-corrected chi connectivity index (χ0v) is 9.82. The summed E-state index contributed by atoms with van der Waals surface area (Å²) in [5, 5.41) is 7.17. The Bertz CT molecular complexity index is 470. The molecule has 0 atom stereocenters. The summed E-state index contributed by atoms with van der Waals surface area (Å²) in [6, 6.07) is 9.52. The topological polar surface area (TPSA) is 69.0 Å². The monoisotopic (exact) mass is 246 g/mol. The molecule has 1 heterocycles. The van der Waals surface area contributed by atoms with Gasteiger partial charge in [0.25, 0.3) is 0 Å². The number of hydrogen-bond donors (Lipinski definition) is 1. The van der Waals surface area contributed by atoms with Crippen LogP contribution in [0.5, 0.6) is 5.75 Å². The predicted molar refractivity (Wildman–Crippen MR) is 65.6 cm³/mol. The summed E-state index contributed by atoms with van der Waals surface area (Å²) >= 11 is 0. The van der Waals surface area contributed by atoms with Crippen LogP contribution in [0.1, 0.15) is 12.8 Å². The fourth-order valence-corrected chi connectivity index (χ4v) is 1.40. The van der Waals surface area contributed by atoms with E-state index >= 15 is 0 Å². The quantitative estimate of drug-likeness (QED) is 0.778. The fraction of sp³-hybridized carbons (Fsp3) is 0.250. The highest BCUT2D eigenvalue weighted by Gasteiger charge is 2.01. The van der Waals surface area contributed by atoms with Crippen LogP contribution in [0.4, 0.5) is 0 Å². The highest BCUT2D eigenvalue weighted by molar-refractivity contribution is 5.83.